The Bertz CT molecular complexity index is 531. The molecule has 0 aromatic carbocycles. The first-order valence-electron chi connectivity index (χ1n) is 6.37. The van der Waals surface area contributed by atoms with Crippen LogP contribution in [-0.2, 0) is 20.1 Å². The number of ether oxygens (including phenoxy) is 1. The van der Waals surface area contributed by atoms with Gasteiger partial charge in [-0.1, -0.05) is 0 Å². The van der Waals surface area contributed by atoms with Crippen molar-refractivity contribution in [2.24, 2.45) is 12.8 Å². The zero-order valence-electron chi connectivity index (χ0n) is 11.6. The van der Waals surface area contributed by atoms with Gasteiger partial charge in [0.15, 0.2) is 0 Å². The molecule has 2 N–H and O–H groups in total. The number of nitrogens with two attached hydrogens (primary N) is 1. The van der Waals surface area contributed by atoms with Gasteiger partial charge in [-0.15, -0.1) is 0 Å². The molecule has 5 heteroatoms. The lowest BCUT2D eigenvalue weighted by molar-refractivity contribution is 0.293. The molecule has 2 aromatic heterocycles. The Balaban J connectivity index is 1.94. The minimum atomic E-state index is 0.122. The summed E-state index contributed by atoms with van der Waals surface area (Å²) in [6.07, 6.45) is 2.52. The molecule has 2 aromatic rings. The number of aryl methyl sites for hydroxylation is 2. The largest absolute Gasteiger partial charge is 0.486 e. The first kappa shape index (κ1) is 13.5. The molecule has 0 aliphatic rings. The minimum absolute atomic E-state index is 0.122. The molecule has 2 rings (SSSR count). The summed E-state index contributed by atoms with van der Waals surface area (Å²) in [6.45, 7) is 4.43. The third-order valence-electron chi connectivity index (χ3n) is 2.81. The Labute approximate surface area is 113 Å². The van der Waals surface area contributed by atoms with Crippen molar-refractivity contribution < 1.29 is 4.74 Å². The smallest absolute Gasteiger partial charge is 0.138 e. The number of hydrogen-bond acceptors (Lipinski definition) is 4. The molecule has 0 radical (unpaired) electrons. The van der Waals surface area contributed by atoms with Crippen LogP contribution in [0.2, 0.25) is 0 Å². The van der Waals surface area contributed by atoms with Gasteiger partial charge in [0.1, 0.15) is 12.4 Å². The average molecular weight is 260 g/mol. The molecule has 1 unspecified atom stereocenters. The Morgan fingerprint density at radius 2 is 2.21 bits per heavy atom. The predicted molar refractivity (Wildman–Crippen MR) is 73.9 cm³/mol. The van der Waals surface area contributed by atoms with Gasteiger partial charge in [-0.3, -0.25) is 9.67 Å². The topological polar surface area (TPSA) is 66.0 Å². The van der Waals surface area contributed by atoms with Crippen LogP contribution in [0.4, 0.5) is 0 Å². The molecule has 0 aliphatic heterocycles. The highest BCUT2D eigenvalue weighted by atomic mass is 16.5. The van der Waals surface area contributed by atoms with E-state index >= 15 is 0 Å². The number of rotatable bonds is 5. The number of pyridine rings is 1. The summed E-state index contributed by atoms with van der Waals surface area (Å²) < 4.78 is 7.52. The van der Waals surface area contributed by atoms with E-state index in [2.05, 4.69) is 10.1 Å². The Kier molecular flexibility index (Phi) is 4.16. The van der Waals surface area contributed by atoms with Crippen molar-refractivity contribution in [3.8, 4) is 5.75 Å². The summed E-state index contributed by atoms with van der Waals surface area (Å²) >= 11 is 0. The SMILES string of the molecule is Cc1cc(COc2ccc(CC(C)N)nc2)n(C)n1. The van der Waals surface area contributed by atoms with E-state index in [-0.39, 0.29) is 6.04 Å². The van der Waals surface area contributed by atoms with Gasteiger partial charge in [0, 0.05) is 25.2 Å². The van der Waals surface area contributed by atoms with Gasteiger partial charge in [0.2, 0.25) is 0 Å². The van der Waals surface area contributed by atoms with Crippen LogP contribution in [-0.4, -0.2) is 20.8 Å². The quantitative estimate of drug-likeness (QED) is 0.886. The zero-order chi connectivity index (χ0) is 13.8. The maximum Gasteiger partial charge on any atom is 0.138 e. The third kappa shape index (κ3) is 3.79. The number of nitrogens with zero attached hydrogens (tertiary/aromatic N) is 3. The monoisotopic (exact) mass is 260 g/mol. The van der Waals surface area contributed by atoms with Gasteiger partial charge in [0.25, 0.3) is 0 Å². The fraction of sp³-hybridized carbons (Fsp3) is 0.429. The molecule has 2 heterocycles. The van der Waals surface area contributed by atoms with Crippen LogP contribution < -0.4 is 10.5 Å². The lowest BCUT2D eigenvalue weighted by Crippen LogP contribution is -2.18. The van der Waals surface area contributed by atoms with Crippen LogP contribution >= 0.6 is 0 Å². The van der Waals surface area contributed by atoms with Crippen LogP contribution in [0.25, 0.3) is 0 Å². The van der Waals surface area contributed by atoms with Gasteiger partial charge >= 0.3 is 0 Å². The first-order valence-corrected chi connectivity index (χ1v) is 6.37. The van der Waals surface area contributed by atoms with Crippen molar-refractivity contribution in [3.63, 3.8) is 0 Å². The summed E-state index contributed by atoms with van der Waals surface area (Å²) in [4.78, 5) is 4.33. The van der Waals surface area contributed by atoms with Gasteiger partial charge in [-0.05, 0) is 32.0 Å². The molecule has 0 saturated heterocycles. The van der Waals surface area contributed by atoms with Crippen molar-refractivity contribution in [2.75, 3.05) is 0 Å². The second kappa shape index (κ2) is 5.84. The fourth-order valence-corrected chi connectivity index (χ4v) is 1.90. The summed E-state index contributed by atoms with van der Waals surface area (Å²) in [7, 11) is 1.91. The van der Waals surface area contributed by atoms with Crippen LogP contribution in [0.15, 0.2) is 24.4 Å². The van der Waals surface area contributed by atoms with Crippen LogP contribution in [0.3, 0.4) is 0 Å². The summed E-state index contributed by atoms with van der Waals surface area (Å²) in [6, 6.07) is 6.01. The van der Waals surface area contributed by atoms with Crippen molar-refractivity contribution in [2.45, 2.75) is 32.9 Å². The molecule has 1 atom stereocenters. The molecule has 19 heavy (non-hydrogen) atoms. The maximum absolute atomic E-state index is 5.74. The van der Waals surface area contributed by atoms with E-state index in [1.165, 1.54) is 0 Å². The van der Waals surface area contributed by atoms with Crippen molar-refractivity contribution in [1.29, 1.82) is 0 Å². The van der Waals surface area contributed by atoms with E-state index in [0.717, 1.165) is 29.3 Å². The van der Waals surface area contributed by atoms with Crippen LogP contribution in [0.5, 0.6) is 5.75 Å². The van der Waals surface area contributed by atoms with Gasteiger partial charge in [-0.25, -0.2) is 0 Å². The van der Waals surface area contributed by atoms with E-state index in [1.807, 2.05) is 43.8 Å². The van der Waals surface area contributed by atoms with E-state index in [1.54, 1.807) is 6.20 Å². The molecule has 0 saturated carbocycles. The Morgan fingerprint density at radius 1 is 1.42 bits per heavy atom. The normalized spacial score (nSPS) is 12.4. The van der Waals surface area contributed by atoms with E-state index in [4.69, 9.17) is 10.5 Å². The second-order valence-corrected chi connectivity index (χ2v) is 4.86. The van der Waals surface area contributed by atoms with Gasteiger partial charge in [-0.2, -0.15) is 5.10 Å². The highest BCUT2D eigenvalue weighted by molar-refractivity contribution is 5.21. The Morgan fingerprint density at radius 3 is 2.74 bits per heavy atom. The van der Waals surface area contributed by atoms with E-state index in [9.17, 15) is 0 Å². The third-order valence-corrected chi connectivity index (χ3v) is 2.81. The Hall–Kier alpha value is -1.88. The van der Waals surface area contributed by atoms with Crippen LogP contribution in [0.1, 0.15) is 24.0 Å². The summed E-state index contributed by atoms with van der Waals surface area (Å²) in [5.41, 5.74) is 8.75. The fourth-order valence-electron chi connectivity index (χ4n) is 1.90. The second-order valence-electron chi connectivity index (χ2n) is 4.86. The first-order chi connectivity index (χ1) is 9.04. The standard InChI is InChI=1S/C14H20N4O/c1-10(15)6-12-4-5-14(8-16-12)19-9-13-7-11(2)17-18(13)3/h4-5,7-8,10H,6,9,15H2,1-3H3. The van der Waals surface area contributed by atoms with Crippen molar-refractivity contribution in [1.82, 2.24) is 14.8 Å². The van der Waals surface area contributed by atoms with Crippen molar-refractivity contribution >= 4 is 0 Å². The van der Waals surface area contributed by atoms with Crippen LogP contribution in [0, 0.1) is 6.92 Å². The van der Waals surface area contributed by atoms with Gasteiger partial charge < -0.3 is 10.5 Å². The lowest BCUT2D eigenvalue weighted by Gasteiger charge is -2.08. The molecule has 0 amide bonds. The van der Waals surface area contributed by atoms with Crippen molar-refractivity contribution in [3.05, 3.63) is 41.5 Å². The van der Waals surface area contributed by atoms with E-state index < -0.39 is 0 Å². The summed E-state index contributed by atoms with van der Waals surface area (Å²) in [5.74, 6) is 0.757. The highest BCUT2D eigenvalue weighted by Crippen LogP contribution is 2.13. The highest BCUT2D eigenvalue weighted by Gasteiger charge is 2.04. The molecular weight excluding hydrogens is 240 g/mol. The summed E-state index contributed by atoms with van der Waals surface area (Å²) in [5, 5.41) is 4.28. The zero-order valence-corrected chi connectivity index (χ0v) is 11.6. The predicted octanol–water partition coefficient (Wildman–Crippen LogP) is 1.59. The number of aromatic nitrogens is 3. The van der Waals surface area contributed by atoms with E-state index in [0.29, 0.717) is 6.61 Å². The molecule has 102 valence electrons. The molecular formula is C14H20N4O. The molecule has 0 aliphatic carbocycles. The molecule has 0 spiro atoms. The minimum Gasteiger partial charge on any atom is -0.486 e. The maximum atomic E-state index is 5.74. The lowest BCUT2D eigenvalue weighted by atomic mass is 10.2. The molecule has 0 bridgehead atoms. The average Bonchev–Trinajstić information content (AvgIpc) is 2.66. The van der Waals surface area contributed by atoms with Gasteiger partial charge in [0.05, 0.1) is 17.6 Å². The number of hydrogen-bond donors (Lipinski definition) is 1. The molecule has 5 nitrogen and oxygen atoms in total. The molecule has 0 fully saturated rings.